The molecule has 0 spiro atoms. The number of halogens is 1. The number of hydrogen-bond donors (Lipinski definition) is 1. The second-order valence-corrected chi connectivity index (χ2v) is 17.3. The minimum atomic E-state index is -4.64. The number of nitrogens with zero attached hydrogens (tertiary/aromatic N) is 6. The average Bonchev–Trinajstić information content (AvgIpc) is 3.79. The summed E-state index contributed by atoms with van der Waals surface area (Å²) in [5.74, 6) is 1.88. The zero-order valence-corrected chi connectivity index (χ0v) is 33.4. The fraction of sp³-hybridized carbons (Fsp3) is 0.306. The molecule has 1 aromatic heterocycles. The van der Waals surface area contributed by atoms with Crippen LogP contribution in [0.4, 0.5) is 0 Å². The Kier molecular flexibility index (Phi) is 12.0. The van der Waals surface area contributed by atoms with E-state index in [1.165, 1.54) is 15.2 Å². The van der Waals surface area contributed by atoms with Gasteiger partial charge in [0.1, 0.15) is 27.0 Å². The minimum Gasteiger partial charge on any atom is -0.497 e. The molecule has 5 aromatic rings. The number of tetrazole rings is 1. The Balaban J connectivity index is 1.50. The highest BCUT2D eigenvalue weighted by atomic mass is 127. The molecule has 2 heterocycles. The molecule has 14 nitrogen and oxygen atoms in total. The highest BCUT2D eigenvalue weighted by molar-refractivity contribution is 14.1. The molecule has 0 amide bonds. The van der Waals surface area contributed by atoms with Gasteiger partial charge in [0.25, 0.3) is 0 Å². The summed E-state index contributed by atoms with van der Waals surface area (Å²) in [5, 5.41) is 13.1. The van der Waals surface area contributed by atoms with Gasteiger partial charge in [-0.05, 0) is 113 Å². The van der Waals surface area contributed by atoms with E-state index in [1.807, 2.05) is 58.8 Å². The number of sulfonamides is 2. The largest absolute Gasteiger partial charge is 0.497 e. The molecule has 1 N–H and O–H groups in total. The summed E-state index contributed by atoms with van der Waals surface area (Å²) in [6.07, 6.45) is 0.581. The predicted octanol–water partition coefficient (Wildman–Crippen LogP) is 4.39. The molecule has 0 aliphatic carbocycles. The van der Waals surface area contributed by atoms with Crippen molar-refractivity contribution in [3.05, 3.63) is 105 Å². The maximum absolute atomic E-state index is 15.3. The molecule has 17 heteroatoms. The van der Waals surface area contributed by atoms with E-state index in [4.69, 9.17) is 14.2 Å². The fourth-order valence-corrected chi connectivity index (χ4v) is 10.6. The summed E-state index contributed by atoms with van der Waals surface area (Å²) < 4.78 is 79.7. The summed E-state index contributed by atoms with van der Waals surface area (Å²) in [6.45, 7) is 1.25. The van der Waals surface area contributed by atoms with Crippen LogP contribution in [0.2, 0.25) is 0 Å². The third-order valence-corrected chi connectivity index (χ3v) is 13.3. The summed E-state index contributed by atoms with van der Waals surface area (Å²) >= 11 is 1.99. The van der Waals surface area contributed by atoms with Crippen molar-refractivity contribution in [3.8, 4) is 28.6 Å². The standard InChI is InChI=1S/C36H40IN7O7S2/c1-42-20-19-28(24-42)40-52(45,46)33-18-17-32(37)34(36-38-41-44(39-36)23-27-9-15-31(51-4)16-10-27)35(33)53(47,48)43(21-25-5-11-29(49-2)12-6-25)22-26-7-13-30(50-3)14-8-26/h5-18,28,40H,19-24H2,1-4H3/t28-/m1/s1. The fourth-order valence-electron chi connectivity index (χ4n) is 6.06. The Hall–Kier alpha value is -4.14. The monoisotopic (exact) mass is 873 g/mol. The van der Waals surface area contributed by atoms with E-state index >= 15 is 8.42 Å². The summed E-state index contributed by atoms with van der Waals surface area (Å²) in [5.41, 5.74) is 2.21. The van der Waals surface area contributed by atoms with Crippen molar-refractivity contribution < 1.29 is 31.0 Å². The summed E-state index contributed by atoms with van der Waals surface area (Å²) in [6, 6.07) is 23.9. The number of likely N-dealkylation sites (tertiary alicyclic amines) is 1. The Morgan fingerprint density at radius 2 is 1.32 bits per heavy atom. The van der Waals surface area contributed by atoms with Crippen molar-refractivity contribution in [2.45, 2.75) is 41.9 Å². The van der Waals surface area contributed by atoms with E-state index in [0.717, 1.165) is 5.56 Å². The average molecular weight is 874 g/mol. The van der Waals surface area contributed by atoms with Crippen molar-refractivity contribution in [2.75, 3.05) is 41.5 Å². The number of hydrogen-bond acceptors (Lipinski definition) is 11. The molecule has 0 saturated carbocycles. The van der Waals surface area contributed by atoms with Crippen LogP contribution < -0.4 is 18.9 Å². The molecule has 1 atom stereocenters. The van der Waals surface area contributed by atoms with Crippen LogP contribution in [0.3, 0.4) is 0 Å². The first-order valence-corrected chi connectivity index (χ1v) is 20.6. The molecule has 0 bridgehead atoms. The van der Waals surface area contributed by atoms with Gasteiger partial charge in [-0.3, -0.25) is 0 Å². The molecule has 1 fully saturated rings. The highest BCUT2D eigenvalue weighted by Crippen LogP contribution is 2.38. The van der Waals surface area contributed by atoms with Gasteiger partial charge in [-0.1, -0.05) is 36.4 Å². The first-order chi connectivity index (χ1) is 25.4. The van der Waals surface area contributed by atoms with Crippen LogP contribution in [-0.4, -0.2) is 93.8 Å². The third kappa shape index (κ3) is 8.98. The van der Waals surface area contributed by atoms with Crippen LogP contribution in [-0.2, 0) is 39.7 Å². The number of likely N-dealkylation sites (N-methyl/N-ethyl adjacent to an activating group) is 1. The van der Waals surface area contributed by atoms with Crippen molar-refractivity contribution in [3.63, 3.8) is 0 Å². The van der Waals surface area contributed by atoms with Crippen LogP contribution in [0.15, 0.2) is 94.7 Å². The van der Waals surface area contributed by atoms with E-state index in [2.05, 4.69) is 20.1 Å². The molecule has 53 heavy (non-hydrogen) atoms. The molecule has 0 unspecified atom stereocenters. The number of rotatable bonds is 15. The van der Waals surface area contributed by atoms with Crippen LogP contribution in [0.1, 0.15) is 23.1 Å². The molecular weight excluding hydrogens is 833 g/mol. The van der Waals surface area contributed by atoms with Crippen molar-refractivity contribution in [2.24, 2.45) is 0 Å². The van der Waals surface area contributed by atoms with Gasteiger partial charge in [0.2, 0.25) is 25.9 Å². The predicted molar refractivity (Wildman–Crippen MR) is 207 cm³/mol. The molecule has 6 rings (SSSR count). The maximum atomic E-state index is 15.3. The van der Waals surface area contributed by atoms with Gasteiger partial charge >= 0.3 is 0 Å². The molecule has 1 aliphatic heterocycles. The topological polar surface area (TPSA) is 158 Å². The normalized spacial score (nSPS) is 15.2. The van der Waals surface area contributed by atoms with Crippen molar-refractivity contribution >= 4 is 42.6 Å². The zero-order valence-electron chi connectivity index (χ0n) is 29.6. The van der Waals surface area contributed by atoms with Crippen LogP contribution >= 0.6 is 22.6 Å². The molecule has 0 radical (unpaired) electrons. The molecule has 1 saturated heterocycles. The Labute approximate surface area is 323 Å². The smallest absolute Gasteiger partial charge is 0.245 e. The van der Waals surface area contributed by atoms with Gasteiger partial charge in [0.15, 0.2) is 0 Å². The van der Waals surface area contributed by atoms with E-state index in [1.54, 1.807) is 75.9 Å². The lowest BCUT2D eigenvalue weighted by Gasteiger charge is -2.26. The number of nitrogens with one attached hydrogen (secondary N) is 1. The SMILES string of the molecule is COc1ccc(CN(Cc2ccc(OC)cc2)S(=O)(=O)c2c(S(=O)(=O)N[C@@H]3CCN(C)C3)ccc(I)c2-c2nnn(Cc3ccc(OC)cc3)n2)cc1. The van der Waals surface area contributed by atoms with Gasteiger partial charge in [0, 0.05) is 29.2 Å². The van der Waals surface area contributed by atoms with Crippen molar-refractivity contribution in [1.82, 2.24) is 34.1 Å². The molecule has 4 aromatic carbocycles. The van der Waals surface area contributed by atoms with Gasteiger partial charge in [0.05, 0.1) is 33.4 Å². The van der Waals surface area contributed by atoms with Gasteiger partial charge in [-0.25, -0.2) is 21.6 Å². The maximum Gasteiger partial charge on any atom is 0.245 e. The van der Waals surface area contributed by atoms with Crippen LogP contribution in [0, 0.1) is 3.57 Å². The molecular formula is C36H40IN7O7S2. The van der Waals surface area contributed by atoms with E-state index in [0.29, 0.717) is 51.5 Å². The second kappa shape index (κ2) is 16.5. The number of benzene rings is 4. The number of methoxy groups -OCH3 is 3. The van der Waals surface area contributed by atoms with E-state index < -0.39 is 35.9 Å². The first kappa shape index (κ1) is 38.6. The summed E-state index contributed by atoms with van der Waals surface area (Å²) in [7, 11) is -2.44. The quantitative estimate of drug-likeness (QED) is 0.149. The van der Waals surface area contributed by atoms with Gasteiger partial charge < -0.3 is 19.1 Å². The van der Waals surface area contributed by atoms with Crippen LogP contribution in [0.5, 0.6) is 17.2 Å². The lowest BCUT2D eigenvalue weighted by molar-refractivity contribution is 0.396. The zero-order chi connectivity index (χ0) is 37.8. The minimum absolute atomic E-state index is 0.0343. The Morgan fingerprint density at radius 3 is 1.81 bits per heavy atom. The second-order valence-electron chi connectivity index (χ2n) is 12.6. The first-order valence-electron chi connectivity index (χ1n) is 16.6. The van der Waals surface area contributed by atoms with Gasteiger partial charge in [-0.2, -0.15) is 9.10 Å². The van der Waals surface area contributed by atoms with Crippen LogP contribution in [0.25, 0.3) is 11.4 Å². The van der Waals surface area contributed by atoms with Gasteiger partial charge in [-0.15, -0.1) is 10.2 Å². The lowest BCUT2D eigenvalue weighted by Crippen LogP contribution is -2.38. The Morgan fingerprint density at radius 1 is 0.792 bits per heavy atom. The molecule has 1 aliphatic rings. The third-order valence-electron chi connectivity index (χ3n) is 8.87. The van der Waals surface area contributed by atoms with E-state index in [-0.39, 0.29) is 31.0 Å². The molecule has 280 valence electrons. The lowest BCUT2D eigenvalue weighted by atomic mass is 10.2. The van der Waals surface area contributed by atoms with E-state index in [9.17, 15) is 8.42 Å². The number of ether oxygens (including phenoxy) is 3. The number of aromatic nitrogens is 4. The summed E-state index contributed by atoms with van der Waals surface area (Å²) in [4.78, 5) is 2.52. The van der Waals surface area contributed by atoms with Crippen molar-refractivity contribution in [1.29, 1.82) is 0 Å². The highest BCUT2D eigenvalue weighted by Gasteiger charge is 2.38. The Bertz CT molecular complexity index is 2200.